The van der Waals surface area contributed by atoms with Crippen molar-refractivity contribution in [2.24, 2.45) is 0 Å². The number of benzene rings is 2. The van der Waals surface area contributed by atoms with Gasteiger partial charge in [0.15, 0.2) is 0 Å². The monoisotopic (exact) mass is 382 g/mol. The molecule has 0 radical (unpaired) electrons. The predicted molar refractivity (Wildman–Crippen MR) is 113 cm³/mol. The van der Waals surface area contributed by atoms with Gasteiger partial charge in [-0.05, 0) is 55.4 Å². The Labute approximate surface area is 167 Å². The number of aryl methyl sites for hydroxylation is 2. The van der Waals surface area contributed by atoms with E-state index in [0.717, 1.165) is 32.1 Å². The van der Waals surface area contributed by atoms with Crippen molar-refractivity contribution in [3.8, 4) is 11.5 Å². The highest BCUT2D eigenvalue weighted by atomic mass is 16.5. The van der Waals surface area contributed by atoms with Crippen LogP contribution in [0.25, 0.3) is 0 Å². The lowest BCUT2D eigenvalue weighted by Gasteiger charge is -2.11. The molecule has 0 saturated heterocycles. The van der Waals surface area contributed by atoms with Crippen molar-refractivity contribution in [1.82, 2.24) is 10.6 Å². The minimum atomic E-state index is -0.144. The number of hydrogen-bond acceptors (Lipinski definition) is 4. The molecule has 2 rings (SSSR count). The molecule has 0 bridgehead atoms. The largest absolute Gasteiger partial charge is 0.508 e. The van der Waals surface area contributed by atoms with E-state index in [-0.39, 0.29) is 11.7 Å². The Morgan fingerprint density at radius 1 is 1.04 bits per heavy atom. The quantitative estimate of drug-likeness (QED) is 0.388. The van der Waals surface area contributed by atoms with E-state index >= 15 is 0 Å². The van der Waals surface area contributed by atoms with Crippen molar-refractivity contribution in [2.45, 2.75) is 32.1 Å². The fraction of sp³-hybridized carbons (Fsp3) is 0.348. The molecule has 150 valence electrons. The van der Waals surface area contributed by atoms with Crippen molar-refractivity contribution in [3.05, 3.63) is 71.9 Å². The summed E-state index contributed by atoms with van der Waals surface area (Å²) in [5.41, 5.74) is 3.08. The van der Waals surface area contributed by atoms with Crippen molar-refractivity contribution < 1.29 is 14.6 Å². The Morgan fingerprint density at radius 3 is 2.43 bits per heavy atom. The van der Waals surface area contributed by atoms with Crippen LogP contribution in [0.5, 0.6) is 11.5 Å². The molecular weight excluding hydrogens is 352 g/mol. The molecule has 1 amide bonds. The highest BCUT2D eigenvalue weighted by Crippen LogP contribution is 2.18. The number of phenolic OH excluding ortho intramolecular Hbond substituents is 1. The van der Waals surface area contributed by atoms with Crippen LogP contribution in [-0.4, -0.2) is 31.2 Å². The van der Waals surface area contributed by atoms with Gasteiger partial charge < -0.3 is 20.5 Å². The van der Waals surface area contributed by atoms with Gasteiger partial charge in [0, 0.05) is 19.7 Å². The number of unbranched alkanes of at least 4 members (excludes halogenated alkanes) is 1. The van der Waals surface area contributed by atoms with Crippen molar-refractivity contribution in [3.63, 3.8) is 0 Å². The van der Waals surface area contributed by atoms with Gasteiger partial charge in [0.2, 0.25) is 0 Å². The van der Waals surface area contributed by atoms with Gasteiger partial charge >= 0.3 is 0 Å². The molecule has 28 heavy (non-hydrogen) atoms. The number of likely N-dealkylation sites (N-methyl/N-ethyl adjacent to an activating group) is 1. The number of nitrogens with one attached hydrogen (secondary N) is 2. The van der Waals surface area contributed by atoms with Gasteiger partial charge in [0.1, 0.15) is 11.5 Å². The van der Waals surface area contributed by atoms with Gasteiger partial charge in [0.25, 0.3) is 5.91 Å². The molecular formula is C23H30N2O3. The first kappa shape index (κ1) is 21.4. The summed E-state index contributed by atoms with van der Waals surface area (Å²) in [6.45, 7) is 4.91. The maximum atomic E-state index is 11.6. The van der Waals surface area contributed by atoms with Crippen LogP contribution in [-0.2, 0) is 17.6 Å². The summed E-state index contributed by atoms with van der Waals surface area (Å²) in [6.07, 6.45) is 4.80. The van der Waals surface area contributed by atoms with Crippen LogP contribution < -0.4 is 15.4 Å². The second-order valence-electron chi connectivity index (χ2n) is 6.66. The van der Waals surface area contributed by atoms with Gasteiger partial charge in [-0.15, -0.1) is 0 Å². The number of carbonyl (C=O) groups excluding carboxylic acids is 1. The second-order valence-corrected chi connectivity index (χ2v) is 6.66. The van der Waals surface area contributed by atoms with E-state index in [1.165, 1.54) is 11.1 Å². The molecule has 0 saturated carbocycles. The average Bonchev–Trinajstić information content (AvgIpc) is 2.71. The van der Waals surface area contributed by atoms with Crippen LogP contribution in [0.2, 0.25) is 0 Å². The fourth-order valence-corrected chi connectivity index (χ4v) is 2.93. The Bertz CT molecular complexity index is 774. The zero-order chi connectivity index (χ0) is 20.2. The lowest BCUT2D eigenvalue weighted by molar-refractivity contribution is -0.117. The second kappa shape index (κ2) is 11.7. The maximum Gasteiger partial charge on any atom is 0.266 e. The van der Waals surface area contributed by atoms with Crippen LogP contribution in [0.15, 0.2) is 60.8 Å². The molecule has 5 nitrogen and oxygen atoms in total. The van der Waals surface area contributed by atoms with Gasteiger partial charge in [-0.25, -0.2) is 0 Å². The summed E-state index contributed by atoms with van der Waals surface area (Å²) in [6, 6.07) is 15.4. The molecule has 0 aliphatic carbocycles. The molecule has 0 heterocycles. The number of carbonyl (C=O) groups is 1. The average molecular weight is 383 g/mol. The molecule has 0 fully saturated rings. The van der Waals surface area contributed by atoms with E-state index < -0.39 is 0 Å². The van der Waals surface area contributed by atoms with E-state index in [4.69, 9.17) is 4.74 Å². The van der Waals surface area contributed by atoms with E-state index in [1.807, 2.05) is 6.07 Å². The van der Waals surface area contributed by atoms with E-state index in [1.54, 1.807) is 25.2 Å². The van der Waals surface area contributed by atoms with Gasteiger partial charge in [-0.1, -0.05) is 36.9 Å². The molecule has 0 aliphatic rings. The number of ether oxygens (including phenoxy) is 1. The Balaban J connectivity index is 1.70. The SMILES string of the molecule is C=C(NC)C(=O)NCCCCc1ccccc1CCCOc1cccc(O)c1. The number of aromatic hydroxyl groups is 1. The number of hydrogen-bond donors (Lipinski definition) is 3. The van der Waals surface area contributed by atoms with Crippen LogP contribution in [0, 0.1) is 0 Å². The molecule has 0 spiro atoms. The summed E-state index contributed by atoms with van der Waals surface area (Å²) in [4.78, 5) is 11.6. The number of rotatable bonds is 12. The lowest BCUT2D eigenvalue weighted by Crippen LogP contribution is -2.30. The third kappa shape index (κ3) is 7.35. The highest BCUT2D eigenvalue weighted by Gasteiger charge is 2.05. The van der Waals surface area contributed by atoms with E-state index in [2.05, 4.69) is 41.5 Å². The third-order valence-electron chi connectivity index (χ3n) is 4.53. The van der Waals surface area contributed by atoms with E-state index in [0.29, 0.717) is 24.6 Å². The summed E-state index contributed by atoms with van der Waals surface area (Å²) in [5.74, 6) is 0.764. The molecule has 5 heteroatoms. The Kier molecular flexibility index (Phi) is 8.92. The summed E-state index contributed by atoms with van der Waals surface area (Å²) >= 11 is 0. The Hall–Kier alpha value is -2.95. The van der Waals surface area contributed by atoms with Crippen LogP contribution in [0.1, 0.15) is 30.4 Å². The predicted octanol–water partition coefficient (Wildman–Crippen LogP) is 3.58. The van der Waals surface area contributed by atoms with Crippen LogP contribution in [0.3, 0.4) is 0 Å². The number of amides is 1. The topological polar surface area (TPSA) is 70.6 Å². The van der Waals surface area contributed by atoms with Crippen molar-refractivity contribution >= 4 is 5.91 Å². The minimum absolute atomic E-state index is 0.144. The standard InChI is InChI=1S/C23H30N2O3/c1-18(24-2)23(27)25-15-6-5-11-19-9-3-4-10-20(19)12-8-16-28-22-14-7-13-21(26)17-22/h3-4,7,9-10,13-14,17,24,26H,1,5-6,8,11-12,15-16H2,2H3,(H,25,27). The summed E-state index contributed by atoms with van der Waals surface area (Å²) in [5, 5.41) is 15.1. The highest BCUT2D eigenvalue weighted by molar-refractivity contribution is 5.91. The van der Waals surface area contributed by atoms with Gasteiger partial charge in [0.05, 0.1) is 12.3 Å². The molecule has 2 aromatic carbocycles. The zero-order valence-corrected chi connectivity index (χ0v) is 16.5. The maximum absolute atomic E-state index is 11.6. The van der Waals surface area contributed by atoms with Crippen molar-refractivity contribution in [2.75, 3.05) is 20.2 Å². The molecule has 0 atom stereocenters. The first-order valence-corrected chi connectivity index (χ1v) is 9.73. The summed E-state index contributed by atoms with van der Waals surface area (Å²) in [7, 11) is 1.69. The molecule has 0 unspecified atom stereocenters. The molecule has 3 N–H and O–H groups in total. The van der Waals surface area contributed by atoms with E-state index in [9.17, 15) is 9.90 Å². The van der Waals surface area contributed by atoms with Gasteiger partial charge in [-0.2, -0.15) is 0 Å². The fourth-order valence-electron chi connectivity index (χ4n) is 2.93. The van der Waals surface area contributed by atoms with Crippen molar-refractivity contribution in [1.29, 1.82) is 0 Å². The first-order valence-electron chi connectivity index (χ1n) is 9.73. The third-order valence-corrected chi connectivity index (χ3v) is 4.53. The molecule has 0 aliphatic heterocycles. The lowest BCUT2D eigenvalue weighted by atomic mass is 9.98. The first-order chi connectivity index (χ1) is 13.6. The molecule has 2 aromatic rings. The van der Waals surface area contributed by atoms with Gasteiger partial charge in [-0.3, -0.25) is 4.79 Å². The zero-order valence-electron chi connectivity index (χ0n) is 16.5. The summed E-state index contributed by atoms with van der Waals surface area (Å²) < 4.78 is 5.70. The van der Waals surface area contributed by atoms with Crippen LogP contribution in [0.4, 0.5) is 0 Å². The normalized spacial score (nSPS) is 10.3. The smallest absolute Gasteiger partial charge is 0.266 e. The Morgan fingerprint density at radius 2 is 1.75 bits per heavy atom. The number of phenols is 1. The molecule has 0 aromatic heterocycles. The minimum Gasteiger partial charge on any atom is -0.508 e. The van der Waals surface area contributed by atoms with Crippen LogP contribution >= 0.6 is 0 Å².